The first-order valence-corrected chi connectivity index (χ1v) is 8.06. The fourth-order valence-electron chi connectivity index (χ4n) is 2.69. The number of nitriles is 1. The highest BCUT2D eigenvalue weighted by Crippen LogP contribution is 2.14. The summed E-state index contributed by atoms with van der Waals surface area (Å²) in [6.45, 7) is 0.906. The van der Waals surface area contributed by atoms with Crippen molar-refractivity contribution in [2.24, 2.45) is 14.1 Å². The Balaban J connectivity index is 1.71. The lowest BCUT2D eigenvalue weighted by molar-refractivity contribution is 0.685. The van der Waals surface area contributed by atoms with Gasteiger partial charge in [0.2, 0.25) is 0 Å². The normalized spacial score (nSPS) is 10.5. The maximum atomic E-state index is 12.0. The van der Waals surface area contributed by atoms with E-state index in [9.17, 15) is 14.9 Å². The number of anilines is 2. The summed E-state index contributed by atoms with van der Waals surface area (Å²) in [6, 6.07) is 13.6. The number of pyridine rings is 1. The van der Waals surface area contributed by atoms with Crippen LogP contribution >= 0.6 is 0 Å². The largest absolute Gasteiger partial charge is 0.368 e. The van der Waals surface area contributed by atoms with Gasteiger partial charge in [0.05, 0.1) is 5.52 Å². The van der Waals surface area contributed by atoms with Gasteiger partial charge in [-0.3, -0.25) is 13.9 Å². The lowest BCUT2D eigenvalue weighted by Crippen LogP contribution is -2.40. The second-order valence-corrected chi connectivity index (χ2v) is 5.78. The molecule has 0 unspecified atom stereocenters. The quantitative estimate of drug-likeness (QED) is 0.666. The van der Waals surface area contributed by atoms with Crippen molar-refractivity contribution in [1.29, 1.82) is 5.26 Å². The zero-order chi connectivity index (χ0) is 18.7. The van der Waals surface area contributed by atoms with E-state index < -0.39 is 11.2 Å². The van der Waals surface area contributed by atoms with Gasteiger partial charge in [0.25, 0.3) is 5.56 Å². The average Bonchev–Trinajstić information content (AvgIpc) is 2.67. The number of nitrogens with zero attached hydrogens (tertiary/aromatic N) is 4. The van der Waals surface area contributed by atoms with Crippen LogP contribution in [0.2, 0.25) is 0 Å². The average molecular weight is 350 g/mol. The van der Waals surface area contributed by atoms with E-state index in [1.165, 1.54) is 18.7 Å². The Hall–Kier alpha value is -3.60. The molecule has 0 aliphatic rings. The van der Waals surface area contributed by atoms with Crippen LogP contribution in [0, 0.1) is 11.3 Å². The van der Waals surface area contributed by atoms with Crippen LogP contribution in [0.1, 0.15) is 5.56 Å². The van der Waals surface area contributed by atoms with Crippen LogP contribution < -0.4 is 21.9 Å². The molecular weight excluding hydrogens is 332 g/mol. The minimum Gasteiger partial charge on any atom is -0.368 e. The summed E-state index contributed by atoms with van der Waals surface area (Å²) in [5, 5.41) is 16.5. The van der Waals surface area contributed by atoms with Gasteiger partial charge in [-0.05, 0) is 18.2 Å². The molecule has 0 atom stereocenters. The van der Waals surface area contributed by atoms with Crippen molar-refractivity contribution in [3.8, 4) is 6.07 Å². The minimum absolute atomic E-state index is 0.0848. The third kappa shape index (κ3) is 3.15. The van der Waals surface area contributed by atoms with E-state index in [1.54, 1.807) is 0 Å². The summed E-state index contributed by atoms with van der Waals surface area (Å²) < 4.78 is 2.18. The van der Waals surface area contributed by atoms with Gasteiger partial charge in [-0.1, -0.05) is 18.2 Å². The van der Waals surface area contributed by atoms with Crippen LogP contribution in [0.3, 0.4) is 0 Å². The van der Waals surface area contributed by atoms with Crippen LogP contribution in [-0.4, -0.2) is 27.2 Å². The second-order valence-electron chi connectivity index (χ2n) is 5.78. The molecule has 0 bridgehead atoms. The Morgan fingerprint density at radius 3 is 2.54 bits per heavy atom. The third-order valence-corrected chi connectivity index (χ3v) is 4.10. The summed E-state index contributed by atoms with van der Waals surface area (Å²) in [5.74, 6) is 0.942. The number of aromatic nitrogens is 3. The highest BCUT2D eigenvalue weighted by Gasteiger charge is 2.14. The fraction of sp³-hybridized carbons (Fsp3) is 0.222. The predicted octanol–water partition coefficient (Wildman–Crippen LogP) is 1.03. The first kappa shape index (κ1) is 17.2. The summed E-state index contributed by atoms with van der Waals surface area (Å²) in [6.07, 6.45) is 0. The van der Waals surface area contributed by atoms with Crippen LogP contribution in [-0.2, 0) is 14.1 Å². The summed E-state index contributed by atoms with van der Waals surface area (Å²) in [7, 11) is 2.87. The van der Waals surface area contributed by atoms with Gasteiger partial charge >= 0.3 is 5.69 Å². The Morgan fingerprint density at radius 2 is 1.77 bits per heavy atom. The van der Waals surface area contributed by atoms with Crippen molar-refractivity contribution in [3.63, 3.8) is 0 Å². The van der Waals surface area contributed by atoms with Gasteiger partial charge in [0.1, 0.15) is 17.7 Å². The third-order valence-electron chi connectivity index (χ3n) is 4.10. The molecule has 1 aromatic carbocycles. The summed E-state index contributed by atoms with van der Waals surface area (Å²) in [4.78, 5) is 28.6. The van der Waals surface area contributed by atoms with Gasteiger partial charge in [0.15, 0.2) is 5.56 Å². The molecule has 26 heavy (non-hydrogen) atoms. The zero-order valence-electron chi connectivity index (χ0n) is 14.5. The molecule has 2 N–H and O–H groups in total. The van der Waals surface area contributed by atoms with Crippen LogP contribution in [0.5, 0.6) is 0 Å². The van der Waals surface area contributed by atoms with E-state index in [1.807, 2.05) is 42.5 Å². The molecule has 8 heteroatoms. The highest BCUT2D eigenvalue weighted by molar-refractivity contribution is 5.80. The molecule has 0 saturated carbocycles. The number of nitrogens with one attached hydrogen (secondary N) is 2. The van der Waals surface area contributed by atoms with Gasteiger partial charge in [-0.2, -0.15) is 5.26 Å². The van der Waals surface area contributed by atoms with Crippen molar-refractivity contribution in [3.05, 3.63) is 62.8 Å². The molecule has 0 radical (unpaired) electrons. The van der Waals surface area contributed by atoms with Gasteiger partial charge < -0.3 is 10.6 Å². The first-order chi connectivity index (χ1) is 12.5. The molecule has 0 aliphatic carbocycles. The summed E-state index contributed by atoms with van der Waals surface area (Å²) >= 11 is 0. The zero-order valence-corrected chi connectivity index (χ0v) is 14.5. The Kier molecular flexibility index (Phi) is 4.71. The molecule has 0 aliphatic heterocycles. The standard InChI is InChI=1S/C18H18N6O2/c1-23-16(13(11-19)17(25)24(2)18(23)26)21-10-9-20-15-8-7-12-5-3-4-6-14(12)22-15/h3-8,21H,9-10H2,1-2H3,(H,20,22). The Morgan fingerprint density at radius 1 is 1.04 bits per heavy atom. The van der Waals surface area contributed by atoms with E-state index in [0.717, 1.165) is 21.3 Å². The highest BCUT2D eigenvalue weighted by atomic mass is 16.2. The number of benzene rings is 1. The summed E-state index contributed by atoms with van der Waals surface area (Å²) in [5.41, 5.74) is -0.285. The molecule has 0 fully saturated rings. The molecule has 0 saturated heterocycles. The van der Waals surface area contributed by atoms with Crippen molar-refractivity contribution in [2.75, 3.05) is 23.7 Å². The predicted molar refractivity (Wildman–Crippen MR) is 100 cm³/mol. The number of para-hydroxylation sites is 1. The number of rotatable bonds is 5. The maximum absolute atomic E-state index is 12.0. The monoisotopic (exact) mass is 350 g/mol. The van der Waals surface area contributed by atoms with E-state index in [4.69, 9.17) is 0 Å². The van der Waals surface area contributed by atoms with Gasteiger partial charge in [-0.25, -0.2) is 9.78 Å². The van der Waals surface area contributed by atoms with Crippen molar-refractivity contribution < 1.29 is 0 Å². The fourth-order valence-corrected chi connectivity index (χ4v) is 2.69. The van der Waals surface area contributed by atoms with Gasteiger partial charge in [-0.15, -0.1) is 0 Å². The molecule has 2 heterocycles. The molecular formula is C18H18N6O2. The SMILES string of the molecule is Cn1c(NCCNc2ccc3ccccc3n2)c(C#N)c(=O)n(C)c1=O. The molecule has 0 amide bonds. The van der Waals surface area contributed by atoms with E-state index in [-0.39, 0.29) is 11.4 Å². The van der Waals surface area contributed by atoms with E-state index in [2.05, 4.69) is 15.6 Å². The molecule has 0 spiro atoms. The lowest BCUT2D eigenvalue weighted by Gasteiger charge is -2.14. The molecule has 132 valence electrons. The number of fused-ring (bicyclic) bond motifs is 1. The Labute approximate surface area is 149 Å². The minimum atomic E-state index is -0.609. The molecule has 2 aromatic heterocycles. The van der Waals surface area contributed by atoms with Crippen LogP contribution in [0.4, 0.5) is 11.6 Å². The first-order valence-electron chi connectivity index (χ1n) is 8.06. The number of hydrogen-bond acceptors (Lipinski definition) is 6. The topological polar surface area (TPSA) is 105 Å². The number of hydrogen-bond donors (Lipinski definition) is 2. The smallest absolute Gasteiger partial charge is 0.332 e. The van der Waals surface area contributed by atoms with Crippen molar-refractivity contribution in [1.82, 2.24) is 14.1 Å². The van der Waals surface area contributed by atoms with E-state index in [0.29, 0.717) is 13.1 Å². The van der Waals surface area contributed by atoms with Crippen molar-refractivity contribution >= 4 is 22.5 Å². The van der Waals surface area contributed by atoms with Gasteiger partial charge in [0, 0.05) is 32.6 Å². The van der Waals surface area contributed by atoms with E-state index >= 15 is 0 Å². The second kappa shape index (κ2) is 7.11. The molecule has 3 rings (SSSR count). The lowest BCUT2D eigenvalue weighted by atomic mass is 10.2. The molecule has 8 nitrogen and oxygen atoms in total. The van der Waals surface area contributed by atoms with Crippen molar-refractivity contribution in [2.45, 2.75) is 0 Å². The molecule has 3 aromatic rings. The maximum Gasteiger partial charge on any atom is 0.332 e. The van der Waals surface area contributed by atoms with Crippen LogP contribution in [0.15, 0.2) is 46.0 Å². The van der Waals surface area contributed by atoms with Crippen LogP contribution in [0.25, 0.3) is 10.9 Å². The Bertz CT molecular complexity index is 1120.